The number of benzene rings is 2. The average molecular weight is 476 g/mol. The van der Waals surface area contributed by atoms with Crippen molar-refractivity contribution < 1.29 is 32.3 Å². The molecule has 1 saturated carbocycles. The molecule has 0 unspecified atom stereocenters. The van der Waals surface area contributed by atoms with E-state index in [0.717, 1.165) is 25.7 Å². The third-order valence-corrected chi connectivity index (χ3v) is 6.42. The van der Waals surface area contributed by atoms with Gasteiger partial charge in [-0.15, -0.1) is 0 Å². The second-order valence-electron chi connectivity index (χ2n) is 7.41. The van der Waals surface area contributed by atoms with Crippen molar-refractivity contribution in [2.45, 2.75) is 36.6 Å². The first-order chi connectivity index (χ1) is 15.8. The van der Waals surface area contributed by atoms with Crippen LogP contribution in [0.5, 0.6) is 5.75 Å². The van der Waals surface area contributed by atoms with Crippen molar-refractivity contribution in [1.29, 1.82) is 0 Å². The number of hydrogen-bond acceptors (Lipinski definition) is 7. The van der Waals surface area contributed by atoms with Gasteiger partial charge in [0.05, 0.1) is 23.3 Å². The largest absolute Gasteiger partial charge is 0.497 e. The van der Waals surface area contributed by atoms with Crippen molar-refractivity contribution in [1.82, 2.24) is 10.6 Å². The van der Waals surface area contributed by atoms with E-state index >= 15 is 0 Å². The van der Waals surface area contributed by atoms with Crippen LogP contribution in [0.3, 0.4) is 0 Å². The highest BCUT2D eigenvalue weighted by molar-refractivity contribution is 7.92. The third-order valence-electron chi connectivity index (χ3n) is 5.04. The SMILES string of the molecule is COc1ccc(S(=O)(=O)Nc2ccccc2C(=O)OCC(=O)NC(=O)NC2CCCC2)cc1. The predicted octanol–water partition coefficient (Wildman–Crippen LogP) is 2.42. The number of sulfonamides is 1. The number of urea groups is 1. The van der Waals surface area contributed by atoms with Crippen LogP contribution >= 0.6 is 0 Å². The lowest BCUT2D eigenvalue weighted by Crippen LogP contribution is -2.45. The molecule has 3 rings (SSSR count). The van der Waals surface area contributed by atoms with E-state index in [1.165, 1.54) is 49.6 Å². The summed E-state index contributed by atoms with van der Waals surface area (Å²) in [7, 11) is -2.53. The van der Waals surface area contributed by atoms with Crippen LogP contribution in [0.15, 0.2) is 53.4 Å². The van der Waals surface area contributed by atoms with E-state index < -0.39 is 34.5 Å². The number of carbonyl (C=O) groups excluding carboxylic acids is 3. The standard InChI is InChI=1S/C22H25N3O7S/c1-31-16-10-12-17(13-11-16)33(29,30)25-19-9-5-4-8-18(19)21(27)32-14-20(26)24-22(28)23-15-6-2-3-7-15/h4-5,8-13,15,25H,2-3,6-7,14H2,1H3,(H2,23,24,26,28). The maximum Gasteiger partial charge on any atom is 0.340 e. The monoisotopic (exact) mass is 475 g/mol. The summed E-state index contributed by atoms with van der Waals surface area (Å²) in [5.41, 5.74) is -0.101. The van der Waals surface area contributed by atoms with Gasteiger partial charge in [-0.3, -0.25) is 14.8 Å². The molecule has 0 aliphatic heterocycles. The maximum atomic E-state index is 12.7. The number of para-hydroxylation sites is 1. The Morgan fingerprint density at radius 3 is 2.33 bits per heavy atom. The minimum atomic E-state index is -4.00. The van der Waals surface area contributed by atoms with E-state index in [1.807, 2.05) is 0 Å². The van der Waals surface area contributed by atoms with Gasteiger partial charge in [-0.1, -0.05) is 25.0 Å². The summed E-state index contributed by atoms with van der Waals surface area (Å²) in [5.74, 6) is -1.22. The lowest BCUT2D eigenvalue weighted by molar-refractivity contribution is -0.123. The van der Waals surface area contributed by atoms with E-state index in [1.54, 1.807) is 6.07 Å². The second kappa shape index (κ2) is 10.8. The lowest BCUT2D eigenvalue weighted by atomic mass is 10.2. The highest BCUT2D eigenvalue weighted by atomic mass is 32.2. The summed E-state index contributed by atoms with van der Waals surface area (Å²) in [6, 6.07) is 10.9. The predicted molar refractivity (Wildman–Crippen MR) is 119 cm³/mol. The molecule has 0 saturated heterocycles. The summed E-state index contributed by atoms with van der Waals surface area (Å²) in [6.45, 7) is -0.698. The van der Waals surface area contributed by atoms with Gasteiger partial charge in [0, 0.05) is 6.04 Å². The van der Waals surface area contributed by atoms with Gasteiger partial charge in [-0.2, -0.15) is 0 Å². The molecule has 11 heteroatoms. The van der Waals surface area contributed by atoms with Crippen molar-refractivity contribution in [3.63, 3.8) is 0 Å². The fourth-order valence-electron chi connectivity index (χ4n) is 3.37. The summed E-state index contributed by atoms with van der Waals surface area (Å²) in [4.78, 5) is 36.2. The maximum absolute atomic E-state index is 12.7. The Hall–Kier alpha value is -3.60. The number of rotatable bonds is 8. The zero-order valence-corrected chi connectivity index (χ0v) is 18.8. The zero-order chi connectivity index (χ0) is 23.8. The van der Waals surface area contributed by atoms with Gasteiger partial charge in [0.25, 0.3) is 15.9 Å². The lowest BCUT2D eigenvalue weighted by Gasteiger charge is -2.13. The summed E-state index contributed by atoms with van der Waals surface area (Å²) in [6.07, 6.45) is 3.77. The van der Waals surface area contributed by atoms with Gasteiger partial charge < -0.3 is 14.8 Å². The van der Waals surface area contributed by atoms with Crippen LogP contribution in [-0.4, -0.2) is 46.1 Å². The van der Waals surface area contributed by atoms with E-state index in [0.29, 0.717) is 5.75 Å². The smallest absolute Gasteiger partial charge is 0.340 e. The number of esters is 1. The van der Waals surface area contributed by atoms with Crippen LogP contribution < -0.4 is 20.1 Å². The molecule has 33 heavy (non-hydrogen) atoms. The Morgan fingerprint density at radius 1 is 1.00 bits per heavy atom. The fraction of sp³-hybridized carbons (Fsp3) is 0.318. The van der Waals surface area contributed by atoms with Gasteiger partial charge in [-0.05, 0) is 49.2 Å². The second-order valence-corrected chi connectivity index (χ2v) is 9.09. The van der Waals surface area contributed by atoms with E-state index in [9.17, 15) is 22.8 Å². The minimum absolute atomic E-state index is 0.0160. The Morgan fingerprint density at radius 2 is 1.67 bits per heavy atom. The minimum Gasteiger partial charge on any atom is -0.497 e. The van der Waals surface area contributed by atoms with Gasteiger partial charge in [0.2, 0.25) is 0 Å². The van der Waals surface area contributed by atoms with Crippen LogP contribution in [-0.2, 0) is 19.6 Å². The topological polar surface area (TPSA) is 140 Å². The normalized spacial score (nSPS) is 13.7. The van der Waals surface area contributed by atoms with Crippen LogP contribution in [0.4, 0.5) is 10.5 Å². The highest BCUT2D eigenvalue weighted by Gasteiger charge is 2.21. The van der Waals surface area contributed by atoms with Crippen molar-refractivity contribution in [3.8, 4) is 5.75 Å². The molecule has 2 aromatic rings. The van der Waals surface area contributed by atoms with Gasteiger partial charge >= 0.3 is 12.0 Å². The molecule has 0 heterocycles. The summed E-state index contributed by atoms with van der Waals surface area (Å²) in [5, 5.41) is 4.80. The van der Waals surface area contributed by atoms with Crippen molar-refractivity contribution in [2.75, 3.05) is 18.4 Å². The van der Waals surface area contributed by atoms with E-state index in [2.05, 4.69) is 15.4 Å². The quantitative estimate of drug-likeness (QED) is 0.498. The number of imide groups is 1. The van der Waals surface area contributed by atoms with Gasteiger partial charge in [-0.25, -0.2) is 18.0 Å². The Labute approximate surface area is 191 Å². The Kier molecular flexibility index (Phi) is 7.88. The molecule has 1 aliphatic carbocycles. The van der Waals surface area contributed by atoms with E-state index in [-0.39, 0.29) is 22.2 Å². The molecular formula is C22H25N3O7S. The fourth-order valence-corrected chi connectivity index (χ4v) is 4.45. The van der Waals surface area contributed by atoms with Gasteiger partial charge in [0.15, 0.2) is 6.61 Å². The van der Waals surface area contributed by atoms with Crippen molar-refractivity contribution in [2.24, 2.45) is 0 Å². The van der Waals surface area contributed by atoms with Gasteiger partial charge in [0.1, 0.15) is 5.75 Å². The first kappa shape index (κ1) is 24.1. The zero-order valence-electron chi connectivity index (χ0n) is 18.0. The van der Waals surface area contributed by atoms with Crippen LogP contribution in [0.25, 0.3) is 0 Å². The molecule has 176 valence electrons. The molecule has 0 spiro atoms. The molecule has 3 amide bonds. The Bertz CT molecular complexity index is 1110. The summed E-state index contributed by atoms with van der Waals surface area (Å²) < 4.78 is 37.7. The number of amides is 3. The van der Waals surface area contributed by atoms with Crippen LogP contribution in [0.2, 0.25) is 0 Å². The molecule has 1 aliphatic rings. The molecule has 2 aromatic carbocycles. The molecule has 3 N–H and O–H groups in total. The first-order valence-electron chi connectivity index (χ1n) is 10.3. The number of methoxy groups -OCH3 is 1. The summed E-state index contributed by atoms with van der Waals surface area (Å²) >= 11 is 0. The molecule has 0 radical (unpaired) electrons. The first-order valence-corrected chi connectivity index (χ1v) is 11.8. The third kappa shape index (κ3) is 6.69. The van der Waals surface area contributed by atoms with Crippen LogP contribution in [0.1, 0.15) is 36.0 Å². The average Bonchev–Trinajstić information content (AvgIpc) is 3.30. The van der Waals surface area contributed by atoms with Crippen molar-refractivity contribution in [3.05, 3.63) is 54.1 Å². The molecule has 0 atom stereocenters. The number of nitrogens with one attached hydrogen (secondary N) is 3. The molecule has 0 aromatic heterocycles. The van der Waals surface area contributed by atoms with Crippen molar-refractivity contribution >= 4 is 33.6 Å². The highest BCUT2D eigenvalue weighted by Crippen LogP contribution is 2.22. The molecule has 10 nitrogen and oxygen atoms in total. The van der Waals surface area contributed by atoms with Crippen LogP contribution in [0, 0.1) is 0 Å². The molecule has 1 fully saturated rings. The number of carbonyl (C=O) groups is 3. The molecular weight excluding hydrogens is 450 g/mol. The number of hydrogen-bond donors (Lipinski definition) is 3. The number of ether oxygens (including phenoxy) is 2. The molecule has 0 bridgehead atoms. The number of anilines is 1. The Balaban J connectivity index is 1.60. The van der Waals surface area contributed by atoms with E-state index in [4.69, 9.17) is 9.47 Å².